The summed E-state index contributed by atoms with van der Waals surface area (Å²) in [5.74, 6) is -0.106. The van der Waals surface area contributed by atoms with Crippen LogP contribution in [0.15, 0.2) is 24.3 Å². The van der Waals surface area contributed by atoms with Crippen molar-refractivity contribution in [1.82, 2.24) is 9.78 Å². The Morgan fingerprint density at radius 1 is 1.32 bits per heavy atom. The predicted molar refractivity (Wildman–Crippen MR) is 88.4 cm³/mol. The minimum Gasteiger partial charge on any atom is -0.326 e. The summed E-state index contributed by atoms with van der Waals surface area (Å²) in [6.45, 7) is 4.01. The number of nitrogens with one attached hydrogen (secondary N) is 1. The topological polar surface area (TPSA) is 46.9 Å². The SMILES string of the molecule is Cc1cccc(NC(=O)CCn2nc(C(F)(F)F)cc2C2CC2)c1C. The van der Waals surface area contributed by atoms with E-state index in [-0.39, 0.29) is 24.8 Å². The Morgan fingerprint density at radius 3 is 2.68 bits per heavy atom. The van der Waals surface area contributed by atoms with Gasteiger partial charge in [0.15, 0.2) is 5.69 Å². The third-order valence-electron chi connectivity index (χ3n) is 4.53. The van der Waals surface area contributed by atoms with E-state index >= 15 is 0 Å². The second-order valence-electron chi connectivity index (χ2n) is 6.50. The van der Waals surface area contributed by atoms with E-state index in [0.29, 0.717) is 5.69 Å². The van der Waals surface area contributed by atoms with E-state index in [4.69, 9.17) is 0 Å². The minimum absolute atomic E-state index is 0.0755. The predicted octanol–water partition coefficient (Wildman–Crippen LogP) is 4.42. The molecule has 1 N–H and O–H groups in total. The van der Waals surface area contributed by atoms with E-state index in [9.17, 15) is 18.0 Å². The lowest BCUT2D eigenvalue weighted by atomic mass is 10.1. The van der Waals surface area contributed by atoms with Crippen molar-refractivity contribution in [2.24, 2.45) is 0 Å². The number of nitrogens with zero attached hydrogens (tertiary/aromatic N) is 2. The van der Waals surface area contributed by atoms with E-state index < -0.39 is 11.9 Å². The van der Waals surface area contributed by atoms with E-state index in [0.717, 1.165) is 35.7 Å². The number of halogens is 3. The van der Waals surface area contributed by atoms with Crippen molar-refractivity contribution in [2.45, 2.75) is 51.7 Å². The Morgan fingerprint density at radius 2 is 2.04 bits per heavy atom. The molecule has 1 saturated carbocycles. The van der Waals surface area contributed by atoms with Crippen molar-refractivity contribution in [3.05, 3.63) is 46.8 Å². The highest BCUT2D eigenvalue weighted by atomic mass is 19.4. The fraction of sp³-hybridized carbons (Fsp3) is 0.444. The van der Waals surface area contributed by atoms with Crippen LogP contribution in [0, 0.1) is 13.8 Å². The highest BCUT2D eigenvalue weighted by Gasteiger charge is 2.37. The van der Waals surface area contributed by atoms with Gasteiger partial charge in [0.1, 0.15) is 0 Å². The molecule has 1 aliphatic carbocycles. The lowest BCUT2D eigenvalue weighted by Gasteiger charge is -2.11. The molecule has 2 aromatic rings. The van der Waals surface area contributed by atoms with Crippen LogP contribution in [0.5, 0.6) is 0 Å². The van der Waals surface area contributed by atoms with Crippen LogP contribution in [0.1, 0.15) is 47.7 Å². The van der Waals surface area contributed by atoms with Crippen molar-refractivity contribution in [2.75, 3.05) is 5.32 Å². The van der Waals surface area contributed by atoms with E-state index in [1.54, 1.807) is 0 Å². The zero-order valence-corrected chi connectivity index (χ0v) is 14.2. The first-order chi connectivity index (χ1) is 11.8. The number of alkyl halides is 3. The second-order valence-corrected chi connectivity index (χ2v) is 6.50. The number of aromatic nitrogens is 2. The monoisotopic (exact) mass is 351 g/mol. The van der Waals surface area contributed by atoms with Gasteiger partial charge in [-0.15, -0.1) is 0 Å². The second kappa shape index (κ2) is 6.54. The van der Waals surface area contributed by atoms with Crippen molar-refractivity contribution >= 4 is 11.6 Å². The quantitative estimate of drug-likeness (QED) is 0.866. The maximum absolute atomic E-state index is 12.9. The summed E-state index contributed by atoms with van der Waals surface area (Å²) in [5.41, 5.74) is 2.46. The third-order valence-corrected chi connectivity index (χ3v) is 4.53. The zero-order chi connectivity index (χ0) is 18.2. The highest BCUT2D eigenvalue weighted by molar-refractivity contribution is 5.91. The molecule has 4 nitrogen and oxygen atoms in total. The molecule has 1 fully saturated rings. The summed E-state index contributed by atoms with van der Waals surface area (Å²) in [5, 5.41) is 6.49. The maximum Gasteiger partial charge on any atom is 0.435 e. The largest absolute Gasteiger partial charge is 0.435 e. The van der Waals surface area contributed by atoms with Crippen LogP contribution in [-0.2, 0) is 17.5 Å². The van der Waals surface area contributed by atoms with Crippen LogP contribution in [0.4, 0.5) is 18.9 Å². The molecular weight excluding hydrogens is 331 g/mol. The number of benzene rings is 1. The van der Waals surface area contributed by atoms with Gasteiger partial charge in [0.05, 0.1) is 0 Å². The molecule has 0 bridgehead atoms. The average molecular weight is 351 g/mol. The first-order valence-electron chi connectivity index (χ1n) is 8.26. The molecule has 3 rings (SSSR count). The molecule has 1 aromatic carbocycles. The number of rotatable bonds is 5. The minimum atomic E-state index is -4.46. The lowest BCUT2D eigenvalue weighted by molar-refractivity contribution is -0.141. The van der Waals surface area contributed by atoms with Gasteiger partial charge in [-0.3, -0.25) is 9.48 Å². The molecule has 0 saturated heterocycles. The summed E-state index contributed by atoms with van der Waals surface area (Å²) < 4.78 is 40.0. The number of hydrogen-bond acceptors (Lipinski definition) is 2. The van der Waals surface area contributed by atoms with Crippen LogP contribution in [0.2, 0.25) is 0 Å². The van der Waals surface area contributed by atoms with Crippen LogP contribution in [0.25, 0.3) is 0 Å². The van der Waals surface area contributed by atoms with Gasteiger partial charge >= 0.3 is 6.18 Å². The number of aryl methyl sites for hydroxylation is 2. The number of anilines is 1. The number of hydrogen-bond donors (Lipinski definition) is 1. The summed E-state index contributed by atoms with van der Waals surface area (Å²) in [6.07, 6.45) is -2.64. The van der Waals surface area contributed by atoms with E-state index in [1.165, 1.54) is 4.68 Å². The van der Waals surface area contributed by atoms with Gasteiger partial charge in [0.2, 0.25) is 5.91 Å². The summed E-state index contributed by atoms with van der Waals surface area (Å²) in [6, 6.07) is 6.73. The van der Waals surface area contributed by atoms with Gasteiger partial charge in [-0.2, -0.15) is 18.3 Å². The zero-order valence-electron chi connectivity index (χ0n) is 14.2. The Labute approximate surface area is 144 Å². The molecule has 1 aromatic heterocycles. The first kappa shape index (κ1) is 17.5. The van der Waals surface area contributed by atoms with Gasteiger partial charge in [-0.25, -0.2) is 0 Å². The summed E-state index contributed by atoms with van der Waals surface area (Å²) in [7, 11) is 0. The van der Waals surface area contributed by atoms with Crippen molar-refractivity contribution in [1.29, 1.82) is 0 Å². The van der Waals surface area contributed by atoms with Gasteiger partial charge in [0.25, 0.3) is 0 Å². The molecule has 134 valence electrons. The Kier molecular flexibility index (Phi) is 4.58. The Balaban J connectivity index is 1.68. The number of carbonyl (C=O) groups excluding carboxylic acids is 1. The standard InChI is InChI=1S/C18H20F3N3O/c1-11-4-3-5-14(12(11)2)22-17(25)8-9-24-15(13-6-7-13)10-16(23-24)18(19,20)21/h3-5,10,13H,6-9H2,1-2H3,(H,22,25). The molecule has 0 aliphatic heterocycles. The smallest absolute Gasteiger partial charge is 0.326 e. The fourth-order valence-corrected chi connectivity index (χ4v) is 2.76. The normalized spacial score (nSPS) is 14.6. The first-order valence-corrected chi connectivity index (χ1v) is 8.26. The lowest BCUT2D eigenvalue weighted by Crippen LogP contribution is -2.17. The molecule has 25 heavy (non-hydrogen) atoms. The fourth-order valence-electron chi connectivity index (χ4n) is 2.76. The van der Waals surface area contributed by atoms with E-state index in [1.807, 2.05) is 32.0 Å². The molecule has 0 radical (unpaired) electrons. The van der Waals surface area contributed by atoms with Crippen molar-refractivity contribution in [3.8, 4) is 0 Å². The van der Waals surface area contributed by atoms with Crippen LogP contribution in [0.3, 0.4) is 0 Å². The summed E-state index contributed by atoms with van der Waals surface area (Å²) >= 11 is 0. The van der Waals surface area contributed by atoms with Gasteiger partial charge < -0.3 is 5.32 Å². The molecule has 1 aliphatic rings. The van der Waals surface area contributed by atoms with Crippen LogP contribution >= 0.6 is 0 Å². The molecule has 0 atom stereocenters. The van der Waals surface area contributed by atoms with Gasteiger partial charge in [-0.05, 0) is 49.9 Å². The Hall–Kier alpha value is -2.31. The molecule has 1 amide bonds. The third kappa shape index (κ3) is 4.03. The number of amides is 1. The molecular formula is C18H20F3N3O. The van der Waals surface area contributed by atoms with Gasteiger partial charge in [-0.1, -0.05) is 12.1 Å². The molecule has 0 unspecified atom stereocenters. The highest BCUT2D eigenvalue weighted by Crippen LogP contribution is 2.42. The van der Waals surface area contributed by atoms with Gasteiger partial charge in [0, 0.05) is 30.3 Å². The number of carbonyl (C=O) groups is 1. The average Bonchev–Trinajstić information content (AvgIpc) is 3.28. The summed E-state index contributed by atoms with van der Waals surface area (Å²) in [4.78, 5) is 12.2. The molecule has 7 heteroatoms. The van der Waals surface area contributed by atoms with Crippen molar-refractivity contribution < 1.29 is 18.0 Å². The van der Waals surface area contributed by atoms with E-state index in [2.05, 4.69) is 10.4 Å². The maximum atomic E-state index is 12.9. The van der Waals surface area contributed by atoms with Crippen molar-refractivity contribution in [3.63, 3.8) is 0 Å². The van der Waals surface area contributed by atoms with Crippen LogP contribution < -0.4 is 5.32 Å². The molecule has 1 heterocycles. The Bertz CT molecular complexity index is 791. The van der Waals surface area contributed by atoms with Crippen LogP contribution in [-0.4, -0.2) is 15.7 Å². The molecule has 0 spiro atoms.